The molecule has 1 aromatic heterocycles. The summed E-state index contributed by atoms with van der Waals surface area (Å²) < 4.78 is 11.4. The van der Waals surface area contributed by atoms with E-state index in [9.17, 15) is 4.79 Å². The van der Waals surface area contributed by atoms with E-state index in [0.717, 1.165) is 12.1 Å². The van der Waals surface area contributed by atoms with Crippen molar-refractivity contribution in [3.8, 4) is 17.4 Å². The summed E-state index contributed by atoms with van der Waals surface area (Å²) in [6.07, 6.45) is 2.54. The molecule has 0 saturated heterocycles. The lowest BCUT2D eigenvalue weighted by molar-refractivity contribution is -0.120. The lowest BCUT2D eigenvalue weighted by atomic mass is 10.1. The quantitative estimate of drug-likeness (QED) is 0.683. The molecule has 5 nitrogen and oxygen atoms in total. The number of carbonyl (C=O) groups excluding carboxylic acids is 1. The second-order valence-corrected chi connectivity index (χ2v) is 6.48. The van der Waals surface area contributed by atoms with E-state index in [2.05, 4.69) is 18.0 Å². The molecule has 0 spiro atoms. The Morgan fingerprint density at radius 2 is 1.89 bits per heavy atom. The van der Waals surface area contributed by atoms with Crippen LogP contribution < -0.4 is 14.4 Å². The van der Waals surface area contributed by atoms with Gasteiger partial charge < -0.3 is 14.4 Å². The molecule has 0 bridgehead atoms. The van der Waals surface area contributed by atoms with E-state index < -0.39 is 0 Å². The van der Waals surface area contributed by atoms with E-state index in [0.29, 0.717) is 17.4 Å². The van der Waals surface area contributed by atoms with Crippen molar-refractivity contribution in [1.29, 1.82) is 0 Å². The van der Waals surface area contributed by atoms with Crippen LogP contribution in [-0.2, 0) is 11.2 Å². The van der Waals surface area contributed by atoms with E-state index in [1.807, 2.05) is 47.4 Å². The van der Waals surface area contributed by atoms with Gasteiger partial charge in [0.05, 0.1) is 0 Å². The van der Waals surface area contributed by atoms with Crippen molar-refractivity contribution in [3.05, 3.63) is 78.5 Å². The van der Waals surface area contributed by atoms with Crippen molar-refractivity contribution in [3.63, 3.8) is 0 Å². The SMILES string of the molecule is CC1Cc2ccccc2N1C(=O)COc1cccc(Oc2ccccn2)c1. The number of hydrogen-bond donors (Lipinski definition) is 0. The molecule has 4 rings (SSSR count). The van der Waals surface area contributed by atoms with Crippen molar-refractivity contribution in [1.82, 2.24) is 4.98 Å². The number of rotatable bonds is 5. The van der Waals surface area contributed by atoms with Crippen molar-refractivity contribution < 1.29 is 14.3 Å². The molecular weight excluding hydrogens is 340 g/mol. The van der Waals surface area contributed by atoms with Crippen LogP contribution in [-0.4, -0.2) is 23.5 Å². The molecule has 2 aromatic carbocycles. The summed E-state index contributed by atoms with van der Waals surface area (Å²) in [6.45, 7) is 2.03. The number of amides is 1. The zero-order valence-electron chi connectivity index (χ0n) is 15.0. The van der Waals surface area contributed by atoms with Crippen LogP contribution >= 0.6 is 0 Å². The molecule has 0 radical (unpaired) electrons. The van der Waals surface area contributed by atoms with Crippen molar-refractivity contribution in [2.45, 2.75) is 19.4 Å². The topological polar surface area (TPSA) is 51.7 Å². The third-order valence-corrected chi connectivity index (χ3v) is 4.50. The van der Waals surface area contributed by atoms with Gasteiger partial charge in [0.25, 0.3) is 5.91 Å². The van der Waals surface area contributed by atoms with Crippen LogP contribution in [0.1, 0.15) is 12.5 Å². The minimum atomic E-state index is -0.0523. The van der Waals surface area contributed by atoms with Crippen LogP contribution in [0.2, 0.25) is 0 Å². The molecule has 1 unspecified atom stereocenters. The van der Waals surface area contributed by atoms with Gasteiger partial charge in [0.1, 0.15) is 11.5 Å². The highest BCUT2D eigenvalue weighted by Crippen LogP contribution is 2.32. The monoisotopic (exact) mass is 360 g/mol. The van der Waals surface area contributed by atoms with E-state index in [1.165, 1.54) is 5.56 Å². The number of para-hydroxylation sites is 1. The summed E-state index contributed by atoms with van der Waals surface area (Å²) in [4.78, 5) is 18.7. The van der Waals surface area contributed by atoms with E-state index in [-0.39, 0.29) is 18.6 Å². The van der Waals surface area contributed by atoms with Crippen LogP contribution in [0.25, 0.3) is 0 Å². The largest absolute Gasteiger partial charge is 0.484 e. The van der Waals surface area contributed by atoms with E-state index in [1.54, 1.807) is 24.4 Å². The Kier molecular flexibility index (Phi) is 4.75. The van der Waals surface area contributed by atoms with Gasteiger partial charge in [-0.2, -0.15) is 0 Å². The number of fused-ring (bicyclic) bond motifs is 1. The van der Waals surface area contributed by atoms with Gasteiger partial charge in [0.2, 0.25) is 5.88 Å². The molecule has 1 amide bonds. The molecule has 0 fully saturated rings. The molecule has 1 aliphatic heterocycles. The average Bonchev–Trinajstić information content (AvgIpc) is 3.03. The van der Waals surface area contributed by atoms with Gasteiger partial charge in [-0.05, 0) is 43.2 Å². The van der Waals surface area contributed by atoms with Gasteiger partial charge in [-0.3, -0.25) is 4.79 Å². The minimum Gasteiger partial charge on any atom is -0.484 e. The number of hydrogen-bond acceptors (Lipinski definition) is 4. The molecule has 0 aliphatic carbocycles. The maximum absolute atomic E-state index is 12.7. The second-order valence-electron chi connectivity index (χ2n) is 6.48. The molecule has 3 aromatic rings. The predicted octanol–water partition coefficient (Wildman–Crippen LogP) is 4.23. The Bertz CT molecular complexity index is 943. The van der Waals surface area contributed by atoms with Crippen molar-refractivity contribution >= 4 is 11.6 Å². The number of benzene rings is 2. The van der Waals surface area contributed by atoms with Gasteiger partial charge in [0, 0.05) is 30.1 Å². The number of anilines is 1. The lowest BCUT2D eigenvalue weighted by Crippen LogP contribution is -2.39. The van der Waals surface area contributed by atoms with Crippen LogP contribution in [0.3, 0.4) is 0 Å². The van der Waals surface area contributed by atoms with Crippen molar-refractivity contribution in [2.24, 2.45) is 0 Å². The fourth-order valence-electron chi connectivity index (χ4n) is 3.32. The number of ether oxygens (including phenoxy) is 2. The third-order valence-electron chi connectivity index (χ3n) is 4.50. The van der Waals surface area contributed by atoms with Crippen LogP contribution in [0.4, 0.5) is 5.69 Å². The second kappa shape index (κ2) is 7.50. The predicted molar refractivity (Wildman–Crippen MR) is 103 cm³/mol. The molecule has 27 heavy (non-hydrogen) atoms. The normalized spacial score (nSPS) is 15.3. The molecule has 5 heteroatoms. The van der Waals surface area contributed by atoms with Gasteiger partial charge in [-0.25, -0.2) is 4.98 Å². The van der Waals surface area contributed by atoms with Crippen LogP contribution in [0, 0.1) is 0 Å². The summed E-state index contributed by atoms with van der Waals surface area (Å²) in [7, 11) is 0. The number of aromatic nitrogens is 1. The Morgan fingerprint density at radius 1 is 1.07 bits per heavy atom. The first kappa shape index (κ1) is 17.1. The highest BCUT2D eigenvalue weighted by atomic mass is 16.5. The van der Waals surface area contributed by atoms with Gasteiger partial charge in [-0.1, -0.05) is 30.3 Å². The summed E-state index contributed by atoms with van der Waals surface area (Å²) in [5.74, 6) is 1.65. The first-order chi connectivity index (χ1) is 13.2. The molecule has 0 saturated carbocycles. The first-order valence-corrected chi connectivity index (χ1v) is 8.92. The third kappa shape index (κ3) is 3.77. The Morgan fingerprint density at radius 3 is 2.74 bits per heavy atom. The fourth-order valence-corrected chi connectivity index (χ4v) is 3.32. The van der Waals surface area contributed by atoms with Crippen molar-refractivity contribution in [2.75, 3.05) is 11.5 Å². The van der Waals surface area contributed by atoms with E-state index >= 15 is 0 Å². The highest BCUT2D eigenvalue weighted by Gasteiger charge is 2.30. The zero-order chi connectivity index (χ0) is 18.6. The highest BCUT2D eigenvalue weighted by molar-refractivity contribution is 5.97. The smallest absolute Gasteiger partial charge is 0.265 e. The van der Waals surface area contributed by atoms with Gasteiger partial charge >= 0.3 is 0 Å². The summed E-state index contributed by atoms with van der Waals surface area (Å²) in [5.41, 5.74) is 2.18. The fraction of sp³-hybridized carbons (Fsp3) is 0.182. The molecule has 2 heterocycles. The molecular formula is C22H20N2O3. The summed E-state index contributed by atoms with van der Waals surface area (Å²) >= 11 is 0. The Balaban J connectivity index is 1.42. The maximum Gasteiger partial charge on any atom is 0.265 e. The number of pyridine rings is 1. The standard InChI is InChI=1S/C22H20N2O3/c1-16-13-17-7-2-3-10-20(17)24(16)22(25)15-26-18-8-6-9-19(14-18)27-21-11-4-5-12-23-21/h2-12,14,16H,13,15H2,1H3. The maximum atomic E-state index is 12.7. The molecule has 1 aliphatic rings. The first-order valence-electron chi connectivity index (χ1n) is 8.92. The van der Waals surface area contributed by atoms with Crippen LogP contribution in [0.5, 0.6) is 17.4 Å². The Labute approximate surface area is 158 Å². The average molecular weight is 360 g/mol. The van der Waals surface area contributed by atoms with Crippen LogP contribution in [0.15, 0.2) is 72.9 Å². The Hall–Kier alpha value is -3.34. The van der Waals surface area contributed by atoms with Gasteiger partial charge in [0.15, 0.2) is 6.61 Å². The summed E-state index contributed by atoms with van der Waals surface area (Å²) in [6, 6.07) is 20.8. The number of nitrogens with zero attached hydrogens (tertiary/aromatic N) is 2. The molecule has 0 N–H and O–H groups in total. The van der Waals surface area contributed by atoms with E-state index in [4.69, 9.17) is 9.47 Å². The zero-order valence-corrected chi connectivity index (χ0v) is 15.0. The summed E-state index contributed by atoms with van der Waals surface area (Å²) in [5, 5.41) is 0. The molecule has 1 atom stereocenters. The minimum absolute atomic E-state index is 0.0221. The lowest BCUT2D eigenvalue weighted by Gasteiger charge is -2.22. The van der Waals surface area contributed by atoms with Gasteiger partial charge in [-0.15, -0.1) is 0 Å². The molecule has 136 valence electrons. The number of carbonyl (C=O) groups is 1.